The second-order valence-corrected chi connectivity index (χ2v) is 3.82. The Morgan fingerprint density at radius 2 is 2.00 bits per heavy atom. The monoisotopic (exact) mass is 190 g/mol. The van der Waals surface area contributed by atoms with Crippen LogP contribution in [0.3, 0.4) is 0 Å². The molecule has 76 valence electrons. The number of benzene rings is 1. The lowest BCUT2D eigenvalue weighted by Crippen LogP contribution is -2.20. The Hall–Kier alpha value is -1.08. The molecule has 1 rings (SSSR count). The highest BCUT2D eigenvalue weighted by molar-refractivity contribution is 5.21. The van der Waals surface area contributed by atoms with Crippen molar-refractivity contribution in [1.82, 2.24) is 0 Å². The largest absolute Gasteiger partial charge is 0.385 e. The van der Waals surface area contributed by atoms with E-state index in [-0.39, 0.29) is 0 Å². The minimum absolute atomic E-state index is 0.704. The summed E-state index contributed by atoms with van der Waals surface area (Å²) in [6, 6.07) is 9.81. The predicted octanol–water partition coefficient (Wildman–Crippen LogP) is 3.25. The third-order valence-corrected chi connectivity index (χ3v) is 2.47. The van der Waals surface area contributed by atoms with Crippen molar-refractivity contribution in [1.29, 1.82) is 0 Å². The molecule has 0 aliphatic rings. The zero-order valence-electron chi connectivity index (χ0n) is 8.74. The molecule has 1 aromatic carbocycles. The molecule has 1 nitrogen and oxygen atoms in total. The third kappa shape index (κ3) is 3.00. The smallest absolute Gasteiger partial charge is 0.0868 e. The quantitative estimate of drug-likeness (QED) is 0.558. The van der Waals surface area contributed by atoms with Gasteiger partial charge in [0.25, 0.3) is 0 Å². The third-order valence-electron chi connectivity index (χ3n) is 2.47. The maximum absolute atomic E-state index is 10.2. The normalized spacial score (nSPS) is 14.7. The number of rotatable bonds is 5. The molecular formula is C13H18O. The molecule has 0 saturated heterocycles. The average molecular weight is 190 g/mol. The van der Waals surface area contributed by atoms with Crippen LogP contribution in [0.2, 0.25) is 0 Å². The highest BCUT2D eigenvalue weighted by atomic mass is 16.3. The van der Waals surface area contributed by atoms with E-state index in [1.165, 1.54) is 0 Å². The van der Waals surface area contributed by atoms with Gasteiger partial charge in [0.05, 0.1) is 5.60 Å². The molecule has 1 N–H and O–H groups in total. The SMILES string of the molecule is C=CCCC[C@](C)(O)c1ccccc1. The van der Waals surface area contributed by atoms with Gasteiger partial charge in [-0.05, 0) is 31.7 Å². The summed E-state index contributed by atoms with van der Waals surface area (Å²) in [7, 11) is 0. The fourth-order valence-corrected chi connectivity index (χ4v) is 1.53. The summed E-state index contributed by atoms with van der Waals surface area (Å²) < 4.78 is 0. The van der Waals surface area contributed by atoms with Crippen molar-refractivity contribution >= 4 is 0 Å². The second kappa shape index (κ2) is 4.97. The van der Waals surface area contributed by atoms with Crippen LogP contribution in [0, 0.1) is 0 Å². The zero-order valence-corrected chi connectivity index (χ0v) is 8.74. The summed E-state index contributed by atoms with van der Waals surface area (Å²) >= 11 is 0. The first kappa shape index (κ1) is 11.0. The maximum atomic E-state index is 10.2. The first-order valence-electron chi connectivity index (χ1n) is 5.05. The van der Waals surface area contributed by atoms with Gasteiger partial charge in [-0.2, -0.15) is 0 Å². The van der Waals surface area contributed by atoms with Crippen molar-refractivity contribution in [3.05, 3.63) is 48.6 Å². The standard InChI is InChI=1S/C13H18O/c1-3-4-8-11-13(2,14)12-9-6-5-7-10-12/h3,5-7,9-10,14H,1,4,8,11H2,2H3/t13-/m0/s1. The molecule has 0 spiro atoms. The second-order valence-electron chi connectivity index (χ2n) is 3.82. The average Bonchev–Trinajstić information content (AvgIpc) is 2.19. The lowest BCUT2D eigenvalue weighted by molar-refractivity contribution is 0.0459. The van der Waals surface area contributed by atoms with Gasteiger partial charge >= 0.3 is 0 Å². The Kier molecular flexibility index (Phi) is 3.90. The number of allylic oxidation sites excluding steroid dienone is 1. The van der Waals surface area contributed by atoms with Crippen LogP contribution in [-0.2, 0) is 5.60 Å². The molecule has 14 heavy (non-hydrogen) atoms. The van der Waals surface area contributed by atoms with Crippen LogP contribution in [0.5, 0.6) is 0 Å². The van der Waals surface area contributed by atoms with Crippen LogP contribution in [0.15, 0.2) is 43.0 Å². The van der Waals surface area contributed by atoms with E-state index in [0.29, 0.717) is 0 Å². The van der Waals surface area contributed by atoms with Crippen molar-refractivity contribution in [2.75, 3.05) is 0 Å². The van der Waals surface area contributed by atoms with Gasteiger partial charge < -0.3 is 5.11 Å². The number of aliphatic hydroxyl groups is 1. The van der Waals surface area contributed by atoms with Crippen LogP contribution >= 0.6 is 0 Å². The summed E-state index contributed by atoms with van der Waals surface area (Å²) in [6.45, 7) is 5.54. The van der Waals surface area contributed by atoms with Gasteiger partial charge in [0.15, 0.2) is 0 Å². The van der Waals surface area contributed by atoms with Crippen LogP contribution in [-0.4, -0.2) is 5.11 Å². The molecule has 1 aromatic rings. The molecule has 0 unspecified atom stereocenters. The summed E-state index contributed by atoms with van der Waals surface area (Å²) in [5.41, 5.74) is 0.286. The molecule has 1 atom stereocenters. The summed E-state index contributed by atoms with van der Waals surface area (Å²) in [5.74, 6) is 0. The van der Waals surface area contributed by atoms with Gasteiger partial charge in [0, 0.05) is 0 Å². The highest BCUT2D eigenvalue weighted by Crippen LogP contribution is 2.26. The van der Waals surface area contributed by atoms with Crippen LogP contribution in [0.25, 0.3) is 0 Å². The molecule has 0 fully saturated rings. The molecule has 0 amide bonds. The van der Waals surface area contributed by atoms with Gasteiger partial charge in [0.2, 0.25) is 0 Å². The van der Waals surface area contributed by atoms with Crippen molar-refractivity contribution in [3.8, 4) is 0 Å². The van der Waals surface area contributed by atoms with E-state index in [0.717, 1.165) is 24.8 Å². The van der Waals surface area contributed by atoms with E-state index in [1.54, 1.807) is 0 Å². The Morgan fingerprint density at radius 3 is 2.57 bits per heavy atom. The molecule has 0 radical (unpaired) electrons. The fourth-order valence-electron chi connectivity index (χ4n) is 1.53. The van der Waals surface area contributed by atoms with E-state index < -0.39 is 5.60 Å². The summed E-state index contributed by atoms with van der Waals surface area (Å²) in [5, 5.41) is 10.2. The molecule has 0 aromatic heterocycles. The lowest BCUT2D eigenvalue weighted by Gasteiger charge is -2.23. The zero-order chi connectivity index (χ0) is 10.4. The number of hydrogen-bond acceptors (Lipinski definition) is 1. The van der Waals surface area contributed by atoms with E-state index in [2.05, 4.69) is 6.58 Å². The van der Waals surface area contributed by atoms with Crippen molar-refractivity contribution in [2.24, 2.45) is 0 Å². The first-order chi connectivity index (χ1) is 6.67. The first-order valence-corrected chi connectivity index (χ1v) is 5.05. The Labute approximate surface area is 86.1 Å². The van der Waals surface area contributed by atoms with Gasteiger partial charge in [0.1, 0.15) is 0 Å². The van der Waals surface area contributed by atoms with E-state index in [4.69, 9.17) is 0 Å². The summed E-state index contributed by atoms with van der Waals surface area (Å²) in [6.07, 6.45) is 4.61. The van der Waals surface area contributed by atoms with Crippen LogP contribution < -0.4 is 0 Å². The molecule has 1 heteroatoms. The minimum atomic E-state index is -0.704. The van der Waals surface area contributed by atoms with Gasteiger partial charge in [-0.1, -0.05) is 36.4 Å². The van der Waals surface area contributed by atoms with Gasteiger partial charge in [-0.3, -0.25) is 0 Å². The highest BCUT2D eigenvalue weighted by Gasteiger charge is 2.21. The van der Waals surface area contributed by atoms with Crippen molar-refractivity contribution < 1.29 is 5.11 Å². The van der Waals surface area contributed by atoms with Crippen LogP contribution in [0.4, 0.5) is 0 Å². The van der Waals surface area contributed by atoms with Crippen molar-refractivity contribution in [3.63, 3.8) is 0 Å². The van der Waals surface area contributed by atoms with E-state index in [1.807, 2.05) is 43.3 Å². The Bertz CT molecular complexity index is 275. The minimum Gasteiger partial charge on any atom is -0.385 e. The van der Waals surface area contributed by atoms with E-state index in [9.17, 15) is 5.11 Å². The Morgan fingerprint density at radius 1 is 1.36 bits per heavy atom. The van der Waals surface area contributed by atoms with Gasteiger partial charge in [-0.15, -0.1) is 6.58 Å². The molecule has 0 aliphatic heterocycles. The fraction of sp³-hybridized carbons (Fsp3) is 0.385. The van der Waals surface area contributed by atoms with Crippen molar-refractivity contribution in [2.45, 2.75) is 31.8 Å². The topological polar surface area (TPSA) is 20.2 Å². The molecule has 0 bridgehead atoms. The Balaban J connectivity index is 2.61. The number of unbranched alkanes of at least 4 members (excludes halogenated alkanes) is 1. The van der Waals surface area contributed by atoms with Crippen LogP contribution in [0.1, 0.15) is 31.7 Å². The maximum Gasteiger partial charge on any atom is 0.0868 e. The molecular weight excluding hydrogens is 172 g/mol. The van der Waals surface area contributed by atoms with Gasteiger partial charge in [-0.25, -0.2) is 0 Å². The summed E-state index contributed by atoms with van der Waals surface area (Å²) in [4.78, 5) is 0. The number of hydrogen-bond donors (Lipinski definition) is 1. The predicted molar refractivity (Wildman–Crippen MR) is 60.1 cm³/mol. The lowest BCUT2D eigenvalue weighted by atomic mass is 9.90. The van der Waals surface area contributed by atoms with E-state index >= 15 is 0 Å². The molecule has 0 saturated carbocycles. The molecule has 0 aliphatic carbocycles. The molecule has 0 heterocycles.